The van der Waals surface area contributed by atoms with Crippen molar-refractivity contribution < 1.29 is 9.53 Å². The number of ether oxygens (including phenoxy) is 1. The van der Waals surface area contributed by atoms with E-state index in [4.69, 9.17) is 4.74 Å². The van der Waals surface area contributed by atoms with E-state index in [9.17, 15) is 4.79 Å². The van der Waals surface area contributed by atoms with Crippen molar-refractivity contribution in [3.8, 4) is 11.5 Å². The largest absolute Gasteiger partial charge is 0.449 e. The Hall–Kier alpha value is -1.80. The minimum atomic E-state index is -1.38. The molecule has 20 heavy (non-hydrogen) atoms. The number of anilines is 1. The van der Waals surface area contributed by atoms with Gasteiger partial charge in [-0.25, -0.2) is 9.78 Å². The summed E-state index contributed by atoms with van der Waals surface area (Å²) < 4.78 is 5.06. The summed E-state index contributed by atoms with van der Waals surface area (Å²) in [6.45, 7) is 9.09. The van der Waals surface area contributed by atoms with Gasteiger partial charge in [-0.05, 0) is 19.1 Å². The maximum absolute atomic E-state index is 11.8. The first-order chi connectivity index (χ1) is 9.37. The summed E-state index contributed by atoms with van der Waals surface area (Å²) in [6.07, 6.45) is 2.22. The summed E-state index contributed by atoms with van der Waals surface area (Å²) in [5.74, 6) is 3.78. The van der Waals surface area contributed by atoms with Gasteiger partial charge in [0.05, 0.1) is 6.61 Å². The average Bonchev–Trinajstić information content (AvgIpc) is 2.37. The van der Waals surface area contributed by atoms with Crippen molar-refractivity contribution in [3.63, 3.8) is 0 Å². The zero-order chi connectivity index (χ0) is 14.8. The van der Waals surface area contributed by atoms with E-state index < -0.39 is 8.07 Å². The third-order valence-corrected chi connectivity index (χ3v) is 3.85. The molecule has 4 nitrogen and oxygen atoms in total. The molecule has 1 unspecified atom stereocenters. The van der Waals surface area contributed by atoms with Gasteiger partial charge >= 0.3 is 6.09 Å². The van der Waals surface area contributed by atoms with Crippen LogP contribution in [0.5, 0.6) is 0 Å². The number of carbonyl (C=O) groups excluding carboxylic acids is 1. The molecule has 1 aromatic heterocycles. The molecule has 0 saturated carbocycles. The normalized spacial score (nSPS) is 19.1. The number of nitrogens with zero attached hydrogens (tertiary/aromatic N) is 2. The van der Waals surface area contributed by atoms with Crippen molar-refractivity contribution in [2.75, 3.05) is 11.5 Å². The van der Waals surface area contributed by atoms with Crippen LogP contribution in [-0.2, 0) is 4.74 Å². The molecule has 1 saturated heterocycles. The number of hydrogen-bond acceptors (Lipinski definition) is 3. The van der Waals surface area contributed by atoms with Crippen LogP contribution < -0.4 is 4.90 Å². The molecule has 2 rings (SSSR count). The fourth-order valence-electron chi connectivity index (χ4n) is 1.88. The zero-order valence-electron chi connectivity index (χ0n) is 12.4. The van der Waals surface area contributed by atoms with Gasteiger partial charge in [0.15, 0.2) is 0 Å². The topological polar surface area (TPSA) is 42.4 Å². The Morgan fingerprint density at radius 3 is 2.70 bits per heavy atom. The Morgan fingerprint density at radius 2 is 2.15 bits per heavy atom. The molecule has 1 aliphatic heterocycles. The van der Waals surface area contributed by atoms with E-state index >= 15 is 0 Å². The van der Waals surface area contributed by atoms with Gasteiger partial charge in [0.1, 0.15) is 13.9 Å². The molecule has 0 bridgehead atoms. The second-order valence-corrected chi connectivity index (χ2v) is 10.8. The molecule has 0 aromatic carbocycles. The number of rotatable bonds is 1. The summed E-state index contributed by atoms with van der Waals surface area (Å²) in [5.41, 5.74) is 4.18. The predicted octanol–water partition coefficient (Wildman–Crippen LogP) is 3.05. The molecule has 0 aliphatic carbocycles. The standard InChI is InChI=1S/C15H20N2O2Si/c1-12-7-9-19-15(18)17(12)14-6-5-13(11-16-14)8-10-20(2,3)4/h5-6,11-12H,7,9H2,1-4H3. The van der Waals surface area contributed by atoms with Crippen LogP contribution in [0.3, 0.4) is 0 Å². The molecule has 1 aromatic rings. The van der Waals surface area contributed by atoms with Crippen LogP contribution in [-0.4, -0.2) is 31.8 Å². The van der Waals surface area contributed by atoms with Crippen LogP contribution in [0, 0.1) is 11.5 Å². The Bertz CT molecular complexity index is 552. The average molecular weight is 288 g/mol. The van der Waals surface area contributed by atoms with Gasteiger partial charge in [-0.3, -0.25) is 4.90 Å². The minimum Gasteiger partial charge on any atom is -0.449 e. The lowest BCUT2D eigenvalue weighted by Crippen LogP contribution is -2.44. The van der Waals surface area contributed by atoms with E-state index in [2.05, 4.69) is 36.1 Å². The van der Waals surface area contributed by atoms with E-state index in [0.717, 1.165) is 12.0 Å². The van der Waals surface area contributed by atoms with E-state index in [1.165, 1.54) is 0 Å². The van der Waals surface area contributed by atoms with E-state index in [-0.39, 0.29) is 12.1 Å². The highest BCUT2D eigenvalue weighted by Gasteiger charge is 2.28. The molecule has 1 fully saturated rings. The fraction of sp³-hybridized carbons (Fsp3) is 0.467. The summed E-state index contributed by atoms with van der Waals surface area (Å²) >= 11 is 0. The molecule has 0 spiro atoms. The van der Waals surface area contributed by atoms with Gasteiger partial charge in [-0.15, -0.1) is 5.54 Å². The lowest BCUT2D eigenvalue weighted by atomic mass is 10.2. The first kappa shape index (κ1) is 14.6. The first-order valence-corrected chi connectivity index (χ1v) is 10.3. The van der Waals surface area contributed by atoms with Gasteiger partial charge in [-0.2, -0.15) is 0 Å². The van der Waals surface area contributed by atoms with Crippen molar-refractivity contribution in [2.45, 2.75) is 39.0 Å². The molecule has 0 radical (unpaired) electrons. The Morgan fingerprint density at radius 1 is 1.40 bits per heavy atom. The number of hydrogen-bond donors (Lipinski definition) is 0. The van der Waals surface area contributed by atoms with Crippen LogP contribution in [0.1, 0.15) is 18.9 Å². The molecule has 2 heterocycles. The maximum Gasteiger partial charge on any atom is 0.415 e. The fourth-order valence-corrected chi connectivity index (χ4v) is 2.40. The number of carbonyl (C=O) groups is 1. The molecule has 106 valence electrons. The molecule has 5 heteroatoms. The predicted molar refractivity (Wildman–Crippen MR) is 82.4 cm³/mol. The van der Waals surface area contributed by atoms with Gasteiger partial charge in [0.2, 0.25) is 0 Å². The van der Waals surface area contributed by atoms with Crippen molar-refractivity contribution in [2.24, 2.45) is 0 Å². The Labute approximate surface area is 121 Å². The molecule has 1 aliphatic rings. The van der Waals surface area contributed by atoms with Gasteiger partial charge in [0, 0.05) is 24.2 Å². The van der Waals surface area contributed by atoms with Gasteiger partial charge in [-0.1, -0.05) is 25.6 Å². The Balaban J connectivity index is 2.19. The highest BCUT2D eigenvalue weighted by Crippen LogP contribution is 2.21. The van der Waals surface area contributed by atoms with Crippen LogP contribution >= 0.6 is 0 Å². The number of cyclic esters (lactones) is 1. The van der Waals surface area contributed by atoms with Gasteiger partial charge in [0.25, 0.3) is 0 Å². The number of pyridine rings is 1. The van der Waals surface area contributed by atoms with Crippen molar-refractivity contribution in [1.29, 1.82) is 0 Å². The second-order valence-electron chi connectivity index (χ2n) is 6.03. The third-order valence-electron chi connectivity index (χ3n) is 2.98. The molecule has 0 N–H and O–H groups in total. The van der Waals surface area contributed by atoms with Crippen molar-refractivity contribution >= 4 is 20.0 Å². The third kappa shape index (κ3) is 3.61. The zero-order valence-corrected chi connectivity index (χ0v) is 13.4. The monoisotopic (exact) mass is 288 g/mol. The van der Waals surface area contributed by atoms with E-state index in [1.54, 1.807) is 11.1 Å². The SMILES string of the molecule is CC1CCOC(=O)N1c1ccc(C#C[Si](C)(C)C)cn1. The first-order valence-electron chi connectivity index (χ1n) is 6.82. The quantitative estimate of drug-likeness (QED) is 0.589. The summed E-state index contributed by atoms with van der Waals surface area (Å²) in [5, 5.41) is 0. The lowest BCUT2D eigenvalue weighted by Gasteiger charge is -2.31. The van der Waals surface area contributed by atoms with Gasteiger partial charge < -0.3 is 4.74 Å². The highest BCUT2D eigenvalue weighted by molar-refractivity contribution is 6.83. The van der Waals surface area contributed by atoms with Crippen LogP contribution in [0.4, 0.5) is 10.6 Å². The Kier molecular flexibility index (Phi) is 4.14. The van der Waals surface area contributed by atoms with Crippen LogP contribution in [0.25, 0.3) is 0 Å². The van der Waals surface area contributed by atoms with Crippen LogP contribution in [0.2, 0.25) is 19.6 Å². The van der Waals surface area contributed by atoms with E-state index in [1.807, 2.05) is 19.1 Å². The van der Waals surface area contributed by atoms with E-state index in [0.29, 0.717) is 12.4 Å². The molecular formula is C15H20N2O2Si. The van der Waals surface area contributed by atoms with Crippen molar-refractivity contribution in [3.05, 3.63) is 23.9 Å². The molecular weight excluding hydrogens is 268 g/mol. The summed E-state index contributed by atoms with van der Waals surface area (Å²) in [4.78, 5) is 17.7. The number of aromatic nitrogens is 1. The summed E-state index contributed by atoms with van der Waals surface area (Å²) in [6, 6.07) is 3.85. The minimum absolute atomic E-state index is 0.114. The highest BCUT2D eigenvalue weighted by atomic mass is 28.3. The maximum atomic E-state index is 11.8. The molecule has 1 atom stereocenters. The van der Waals surface area contributed by atoms with Crippen LogP contribution in [0.15, 0.2) is 18.3 Å². The summed E-state index contributed by atoms with van der Waals surface area (Å²) in [7, 11) is -1.38. The molecule has 1 amide bonds. The smallest absolute Gasteiger partial charge is 0.415 e. The van der Waals surface area contributed by atoms with Crippen molar-refractivity contribution in [1.82, 2.24) is 4.98 Å². The number of amides is 1. The second kappa shape index (κ2) is 5.67. The lowest BCUT2D eigenvalue weighted by molar-refractivity contribution is 0.131.